The average Bonchev–Trinajstić information content (AvgIpc) is 2.56. The summed E-state index contributed by atoms with van der Waals surface area (Å²) in [5.41, 5.74) is 1.08. The van der Waals surface area contributed by atoms with Gasteiger partial charge >= 0.3 is 5.97 Å². The molecule has 23 heavy (non-hydrogen) atoms. The number of amides is 1. The number of hydrogen-bond acceptors (Lipinski definition) is 4. The normalized spacial score (nSPS) is 11.7. The average molecular weight is 313 g/mol. The minimum atomic E-state index is -1.17. The van der Waals surface area contributed by atoms with Gasteiger partial charge in [0, 0.05) is 6.04 Å². The summed E-state index contributed by atoms with van der Waals surface area (Å²) in [6.45, 7) is 2.06. The summed E-state index contributed by atoms with van der Waals surface area (Å²) in [5, 5.41) is 11.7. The molecule has 1 aromatic heterocycles. The maximum Gasteiger partial charge on any atom is 0.356 e. The van der Waals surface area contributed by atoms with Crippen LogP contribution in [0, 0.1) is 0 Å². The molecule has 2 N–H and O–H groups in total. The maximum absolute atomic E-state index is 12.2. The Bertz CT molecular complexity index is 657. The summed E-state index contributed by atoms with van der Waals surface area (Å²) < 4.78 is 0. The molecule has 0 saturated heterocycles. The topological polar surface area (TPSA) is 92.2 Å². The zero-order valence-corrected chi connectivity index (χ0v) is 12.9. The minimum absolute atomic E-state index is 0.00384. The van der Waals surface area contributed by atoms with Gasteiger partial charge in [-0.15, -0.1) is 0 Å². The van der Waals surface area contributed by atoms with Crippen molar-refractivity contribution in [1.29, 1.82) is 0 Å². The molecular formula is C17H19N3O3. The molecule has 6 heteroatoms. The van der Waals surface area contributed by atoms with E-state index in [0.717, 1.165) is 31.0 Å². The van der Waals surface area contributed by atoms with Crippen LogP contribution < -0.4 is 5.32 Å². The fourth-order valence-corrected chi connectivity index (χ4v) is 2.29. The molecule has 1 aromatic carbocycles. The summed E-state index contributed by atoms with van der Waals surface area (Å²) in [7, 11) is 0. The van der Waals surface area contributed by atoms with E-state index in [1.165, 1.54) is 6.20 Å². The molecule has 1 amide bonds. The molecule has 0 spiro atoms. The van der Waals surface area contributed by atoms with Crippen LogP contribution in [0.1, 0.15) is 46.3 Å². The van der Waals surface area contributed by atoms with Crippen molar-refractivity contribution in [2.24, 2.45) is 0 Å². The molecule has 0 aliphatic rings. The first-order valence-corrected chi connectivity index (χ1v) is 7.50. The van der Waals surface area contributed by atoms with Gasteiger partial charge in [0.1, 0.15) is 5.69 Å². The van der Waals surface area contributed by atoms with Crippen LogP contribution in [0.4, 0.5) is 0 Å². The summed E-state index contributed by atoms with van der Waals surface area (Å²) in [6, 6.07) is 9.94. The lowest BCUT2D eigenvalue weighted by Gasteiger charge is -2.18. The molecule has 0 aliphatic carbocycles. The van der Waals surface area contributed by atoms with E-state index in [0.29, 0.717) is 0 Å². The van der Waals surface area contributed by atoms with E-state index in [1.807, 2.05) is 30.3 Å². The number of nitrogens with one attached hydrogen (secondary N) is 1. The van der Waals surface area contributed by atoms with Gasteiger partial charge in [0.25, 0.3) is 5.91 Å². The van der Waals surface area contributed by atoms with Crippen molar-refractivity contribution in [3.63, 3.8) is 0 Å². The third-order valence-electron chi connectivity index (χ3n) is 3.40. The van der Waals surface area contributed by atoms with Crippen LogP contribution in [0.5, 0.6) is 0 Å². The zero-order chi connectivity index (χ0) is 16.7. The van der Waals surface area contributed by atoms with Gasteiger partial charge in [-0.05, 0) is 18.4 Å². The second kappa shape index (κ2) is 8.03. The highest BCUT2D eigenvalue weighted by molar-refractivity contribution is 5.92. The molecule has 0 aliphatic heterocycles. The van der Waals surface area contributed by atoms with Gasteiger partial charge in [0.2, 0.25) is 0 Å². The molecule has 120 valence electrons. The van der Waals surface area contributed by atoms with Gasteiger partial charge in [0.05, 0.1) is 12.4 Å². The Hall–Kier alpha value is -2.76. The van der Waals surface area contributed by atoms with Crippen LogP contribution in [0.25, 0.3) is 0 Å². The fraction of sp³-hybridized carbons (Fsp3) is 0.294. The smallest absolute Gasteiger partial charge is 0.356 e. The number of carboxylic acid groups (broad SMARTS) is 1. The van der Waals surface area contributed by atoms with E-state index in [9.17, 15) is 9.59 Å². The molecule has 0 saturated carbocycles. The fourth-order valence-electron chi connectivity index (χ4n) is 2.29. The number of aromatic carboxylic acids is 1. The van der Waals surface area contributed by atoms with E-state index >= 15 is 0 Å². The minimum Gasteiger partial charge on any atom is -0.476 e. The van der Waals surface area contributed by atoms with Crippen LogP contribution in [0.2, 0.25) is 0 Å². The first-order valence-electron chi connectivity index (χ1n) is 7.50. The van der Waals surface area contributed by atoms with Crippen molar-refractivity contribution in [3.05, 3.63) is 59.7 Å². The number of aromatic nitrogens is 2. The summed E-state index contributed by atoms with van der Waals surface area (Å²) in [6.07, 6.45) is 4.80. The molecule has 2 rings (SSSR count). The predicted molar refractivity (Wildman–Crippen MR) is 85.3 cm³/mol. The second-order valence-electron chi connectivity index (χ2n) is 5.24. The molecule has 6 nitrogen and oxygen atoms in total. The van der Waals surface area contributed by atoms with Gasteiger partial charge in [-0.25, -0.2) is 14.8 Å². The molecule has 1 heterocycles. The highest BCUT2D eigenvalue weighted by Crippen LogP contribution is 2.08. The quantitative estimate of drug-likeness (QED) is 0.818. The number of rotatable bonds is 7. The van der Waals surface area contributed by atoms with Gasteiger partial charge in [-0.3, -0.25) is 4.79 Å². The second-order valence-corrected chi connectivity index (χ2v) is 5.24. The standard InChI is InChI=1S/C17H19N3O3/c1-2-6-13(9-12-7-4-3-5-8-12)20-16(21)14-10-19-15(11-18-14)17(22)23/h3-5,7-8,10-11,13H,2,6,9H2,1H3,(H,20,21)(H,22,23). The van der Waals surface area contributed by atoms with E-state index in [2.05, 4.69) is 22.2 Å². The number of carbonyl (C=O) groups excluding carboxylic acids is 1. The van der Waals surface area contributed by atoms with Gasteiger partial charge < -0.3 is 10.4 Å². The van der Waals surface area contributed by atoms with Crippen molar-refractivity contribution < 1.29 is 14.7 Å². The van der Waals surface area contributed by atoms with Crippen molar-refractivity contribution in [1.82, 2.24) is 15.3 Å². The van der Waals surface area contributed by atoms with E-state index in [1.54, 1.807) is 0 Å². The number of nitrogens with zero attached hydrogens (tertiary/aromatic N) is 2. The van der Waals surface area contributed by atoms with Crippen molar-refractivity contribution >= 4 is 11.9 Å². The highest BCUT2D eigenvalue weighted by Gasteiger charge is 2.16. The maximum atomic E-state index is 12.2. The van der Waals surface area contributed by atoms with Crippen LogP contribution in [-0.2, 0) is 6.42 Å². The number of carboxylic acids is 1. The predicted octanol–water partition coefficient (Wildman–Crippen LogP) is 2.32. The van der Waals surface area contributed by atoms with E-state index in [-0.39, 0.29) is 23.3 Å². The SMILES string of the molecule is CCCC(Cc1ccccc1)NC(=O)c1cnc(C(=O)O)cn1. The Morgan fingerprint density at radius 2 is 1.78 bits per heavy atom. The van der Waals surface area contributed by atoms with Crippen LogP contribution >= 0.6 is 0 Å². The highest BCUT2D eigenvalue weighted by atomic mass is 16.4. The van der Waals surface area contributed by atoms with Crippen LogP contribution in [0.3, 0.4) is 0 Å². The van der Waals surface area contributed by atoms with E-state index < -0.39 is 5.97 Å². The van der Waals surface area contributed by atoms with Gasteiger partial charge in [-0.2, -0.15) is 0 Å². The number of benzene rings is 1. The third-order valence-corrected chi connectivity index (χ3v) is 3.40. The lowest BCUT2D eigenvalue weighted by molar-refractivity contribution is 0.0688. The van der Waals surface area contributed by atoms with Crippen molar-refractivity contribution in [3.8, 4) is 0 Å². The summed E-state index contributed by atoms with van der Waals surface area (Å²) >= 11 is 0. The molecule has 1 atom stereocenters. The van der Waals surface area contributed by atoms with Crippen molar-refractivity contribution in [2.45, 2.75) is 32.2 Å². The Morgan fingerprint density at radius 3 is 2.35 bits per heavy atom. The Kier molecular flexibility index (Phi) is 5.80. The number of carbonyl (C=O) groups is 2. The van der Waals surface area contributed by atoms with Gasteiger partial charge in [0.15, 0.2) is 5.69 Å². The summed E-state index contributed by atoms with van der Waals surface area (Å²) in [4.78, 5) is 30.6. The van der Waals surface area contributed by atoms with E-state index in [4.69, 9.17) is 5.11 Å². The first kappa shape index (κ1) is 16.6. The lowest BCUT2D eigenvalue weighted by Crippen LogP contribution is -2.37. The number of hydrogen-bond donors (Lipinski definition) is 2. The van der Waals surface area contributed by atoms with Crippen molar-refractivity contribution in [2.75, 3.05) is 0 Å². The van der Waals surface area contributed by atoms with Gasteiger partial charge in [-0.1, -0.05) is 43.7 Å². The molecular weight excluding hydrogens is 294 g/mol. The van der Waals surface area contributed by atoms with Crippen LogP contribution in [0.15, 0.2) is 42.7 Å². The first-order chi connectivity index (χ1) is 11.1. The Balaban J connectivity index is 2.03. The molecule has 0 bridgehead atoms. The summed E-state index contributed by atoms with van der Waals surface area (Å²) in [5.74, 6) is -1.51. The van der Waals surface area contributed by atoms with Crippen LogP contribution in [-0.4, -0.2) is 33.0 Å². The molecule has 2 aromatic rings. The molecule has 1 unspecified atom stereocenters. The Labute approximate surface area is 134 Å². The zero-order valence-electron chi connectivity index (χ0n) is 12.9. The molecule has 0 fully saturated rings. The Morgan fingerprint density at radius 1 is 1.13 bits per heavy atom. The largest absolute Gasteiger partial charge is 0.476 e. The lowest BCUT2D eigenvalue weighted by atomic mass is 10.0. The molecule has 0 radical (unpaired) electrons. The third kappa shape index (κ3) is 4.88. The monoisotopic (exact) mass is 313 g/mol.